The molecular weight excluding hydrogens is 495 g/mol. The molecular formula is C32H33FN2O4. The van der Waals surface area contributed by atoms with Gasteiger partial charge in [-0.1, -0.05) is 26.0 Å². The number of Topliss-reactive ketones (excluding diaryl/α,β-unsaturated/α-hetero) is 1. The van der Waals surface area contributed by atoms with Crippen molar-refractivity contribution in [1.82, 2.24) is 0 Å². The Labute approximate surface area is 228 Å². The van der Waals surface area contributed by atoms with E-state index in [1.54, 1.807) is 19.2 Å². The first-order chi connectivity index (χ1) is 18.7. The molecule has 0 aromatic heterocycles. The topological polar surface area (TPSA) is 70.1 Å². The fourth-order valence-electron chi connectivity index (χ4n) is 5.59. The zero-order valence-electron chi connectivity index (χ0n) is 22.7. The summed E-state index contributed by atoms with van der Waals surface area (Å²) in [6, 6.07) is 15.9. The van der Waals surface area contributed by atoms with Crippen LogP contribution in [-0.2, 0) is 9.59 Å². The van der Waals surface area contributed by atoms with E-state index >= 15 is 0 Å². The van der Waals surface area contributed by atoms with E-state index in [1.807, 2.05) is 57.2 Å². The first-order valence-electron chi connectivity index (χ1n) is 13.3. The van der Waals surface area contributed by atoms with Crippen molar-refractivity contribution < 1.29 is 23.8 Å². The Morgan fingerprint density at radius 1 is 0.974 bits per heavy atom. The van der Waals surface area contributed by atoms with Crippen LogP contribution in [0.2, 0.25) is 0 Å². The SMILES string of the molecule is COc1cc(C)c(/C(O)=C2\C(=O)C(=O)N(c3ccc(N4CCCC4)cc3)C2c2ccc(F)cc2)cc1C(C)C. The molecule has 0 saturated carbocycles. The van der Waals surface area contributed by atoms with Crippen LogP contribution in [0.4, 0.5) is 15.8 Å². The van der Waals surface area contributed by atoms with Gasteiger partial charge in [0.25, 0.3) is 11.7 Å². The Morgan fingerprint density at radius 2 is 1.59 bits per heavy atom. The first-order valence-corrected chi connectivity index (χ1v) is 13.3. The lowest BCUT2D eigenvalue weighted by Gasteiger charge is -2.26. The van der Waals surface area contributed by atoms with Gasteiger partial charge in [0, 0.05) is 30.0 Å². The number of aryl methyl sites for hydroxylation is 1. The summed E-state index contributed by atoms with van der Waals surface area (Å²) in [4.78, 5) is 30.8. The molecule has 0 spiro atoms. The van der Waals surface area contributed by atoms with Gasteiger partial charge in [-0.15, -0.1) is 0 Å². The molecule has 2 saturated heterocycles. The van der Waals surface area contributed by atoms with E-state index in [-0.39, 0.29) is 17.3 Å². The highest BCUT2D eigenvalue weighted by molar-refractivity contribution is 6.51. The van der Waals surface area contributed by atoms with Gasteiger partial charge in [0.2, 0.25) is 0 Å². The smallest absolute Gasteiger partial charge is 0.300 e. The van der Waals surface area contributed by atoms with Crippen LogP contribution in [0, 0.1) is 12.7 Å². The summed E-state index contributed by atoms with van der Waals surface area (Å²) in [5.41, 5.74) is 4.11. The average molecular weight is 529 g/mol. The van der Waals surface area contributed by atoms with Crippen molar-refractivity contribution in [1.29, 1.82) is 0 Å². The van der Waals surface area contributed by atoms with E-state index < -0.39 is 23.5 Å². The molecule has 3 aromatic rings. The fraction of sp³-hybridized carbons (Fsp3) is 0.312. The van der Waals surface area contributed by atoms with E-state index in [0.29, 0.717) is 28.1 Å². The van der Waals surface area contributed by atoms with E-state index in [2.05, 4.69) is 4.90 Å². The predicted molar refractivity (Wildman–Crippen MR) is 151 cm³/mol. The highest BCUT2D eigenvalue weighted by Crippen LogP contribution is 2.44. The third-order valence-electron chi connectivity index (χ3n) is 7.68. The van der Waals surface area contributed by atoms with Crippen LogP contribution in [-0.4, -0.2) is 37.0 Å². The largest absolute Gasteiger partial charge is 0.507 e. The van der Waals surface area contributed by atoms with Gasteiger partial charge in [-0.2, -0.15) is 0 Å². The van der Waals surface area contributed by atoms with Gasteiger partial charge in [0.05, 0.1) is 18.7 Å². The molecule has 1 atom stereocenters. The van der Waals surface area contributed by atoms with Crippen LogP contribution >= 0.6 is 0 Å². The lowest BCUT2D eigenvalue weighted by molar-refractivity contribution is -0.132. The standard InChI is InChI=1S/C32H33FN2O4/c1-19(2)25-18-26(20(3)17-27(25)39-4)30(36)28-29(21-7-9-22(33)10-8-21)35(32(38)31(28)37)24-13-11-23(12-14-24)34-15-5-6-16-34/h7-14,17-19,29,36H,5-6,15-16H2,1-4H3/b30-28+. The monoisotopic (exact) mass is 528 g/mol. The quantitative estimate of drug-likeness (QED) is 0.225. The average Bonchev–Trinajstić information content (AvgIpc) is 3.56. The Hall–Kier alpha value is -4.13. The maximum atomic E-state index is 13.9. The minimum absolute atomic E-state index is 0.0294. The fourth-order valence-corrected chi connectivity index (χ4v) is 5.59. The molecule has 2 fully saturated rings. The van der Waals surface area contributed by atoms with Crippen LogP contribution in [0.3, 0.4) is 0 Å². The van der Waals surface area contributed by atoms with E-state index in [4.69, 9.17) is 4.74 Å². The number of carbonyl (C=O) groups is 2. The van der Waals surface area contributed by atoms with Gasteiger partial charge < -0.3 is 14.7 Å². The van der Waals surface area contributed by atoms with E-state index in [9.17, 15) is 19.1 Å². The van der Waals surface area contributed by atoms with Crippen LogP contribution in [0.5, 0.6) is 5.75 Å². The number of amides is 1. The van der Waals surface area contributed by atoms with Crippen molar-refractivity contribution in [3.05, 3.63) is 94.3 Å². The lowest BCUT2D eigenvalue weighted by Crippen LogP contribution is -2.29. The normalized spacial score (nSPS) is 18.9. The summed E-state index contributed by atoms with van der Waals surface area (Å²) in [7, 11) is 1.59. The molecule has 1 N–H and O–H groups in total. The molecule has 39 heavy (non-hydrogen) atoms. The van der Waals surface area contributed by atoms with Crippen molar-refractivity contribution in [2.24, 2.45) is 0 Å². The van der Waals surface area contributed by atoms with Gasteiger partial charge in [0.15, 0.2) is 0 Å². The summed E-state index contributed by atoms with van der Waals surface area (Å²) < 4.78 is 19.4. The third-order valence-corrected chi connectivity index (χ3v) is 7.68. The van der Waals surface area contributed by atoms with Crippen LogP contribution in [0.25, 0.3) is 5.76 Å². The summed E-state index contributed by atoms with van der Waals surface area (Å²) in [6.07, 6.45) is 2.29. The number of benzene rings is 3. The molecule has 2 aliphatic heterocycles. The van der Waals surface area contributed by atoms with Gasteiger partial charge >= 0.3 is 0 Å². The van der Waals surface area contributed by atoms with Gasteiger partial charge in [-0.3, -0.25) is 14.5 Å². The Kier molecular flexibility index (Phi) is 7.17. The number of ketones is 1. The third kappa shape index (κ3) is 4.78. The molecule has 202 valence electrons. The highest BCUT2D eigenvalue weighted by atomic mass is 19.1. The molecule has 0 bridgehead atoms. The second-order valence-electron chi connectivity index (χ2n) is 10.5. The number of anilines is 2. The van der Waals surface area contributed by atoms with Crippen molar-refractivity contribution in [3.63, 3.8) is 0 Å². The lowest BCUT2D eigenvalue weighted by atomic mass is 9.91. The minimum atomic E-state index is -0.924. The predicted octanol–water partition coefficient (Wildman–Crippen LogP) is 6.49. The van der Waals surface area contributed by atoms with Crippen molar-refractivity contribution in [2.75, 3.05) is 30.0 Å². The number of nitrogens with zero attached hydrogens (tertiary/aromatic N) is 2. The maximum Gasteiger partial charge on any atom is 0.300 e. The second kappa shape index (κ2) is 10.6. The van der Waals surface area contributed by atoms with Crippen LogP contribution < -0.4 is 14.5 Å². The van der Waals surface area contributed by atoms with Crippen LogP contribution in [0.1, 0.15) is 60.9 Å². The Morgan fingerprint density at radius 3 is 2.18 bits per heavy atom. The number of ether oxygens (including phenoxy) is 1. The molecule has 3 aromatic carbocycles. The molecule has 6 nitrogen and oxygen atoms in total. The van der Waals surface area contributed by atoms with Crippen molar-refractivity contribution in [3.8, 4) is 5.75 Å². The second-order valence-corrected chi connectivity index (χ2v) is 10.5. The molecule has 2 aliphatic rings. The number of hydrogen-bond donors (Lipinski definition) is 1. The number of halogens is 1. The van der Waals surface area contributed by atoms with Gasteiger partial charge in [-0.05, 0) is 90.9 Å². The molecule has 0 radical (unpaired) electrons. The summed E-state index contributed by atoms with van der Waals surface area (Å²) in [5, 5.41) is 11.7. The minimum Gasteiger partial charge on any atom is -0.507 e. The number of methoxy groups -OCH3 is 1. The first kappa shape index (κ1) is 26.5. The number of aliphatic hydroxyl groups excluding tert-OH is 1. The highest BCUT2D eigenvalue weighted by Gasteiger charge is 2.47. The summed E-state index contributed by atoms with van der Waals surface area (Å²) in [5.74, 6) is -1.44. The molecule has 1 unspecified atom stereocenters. The number of hydrogen-bond acceptors (Lipinski definition) is 5. The number of aliphatic hydroxyl groups is 1. The maximum absolute atomic E-state index is 13.9. The molecule has 7 heteroatoms. The molecule has 1 amide bonds. The van der Waals surface area contributed by atoms with Gasteiger partial charge in [0.1, 0.15) is 17.3 Å². The summed E-state index contributed by atoms with van der Waals surface area (Å²) >= 11 is 0. The van der Waals surface area contributed by atoms with Crippen LogP contribution in [0.15, 0.2) is 66.2 Å². The zero-order chi connectivity index (χ0) is 27.8. The van der Waals surface area contributed by atoms with Crippen molar-refractivity contribution in [2.45, 2.75) is 45.6 Å². The Bertz CT molecular complexity index is 1440. The van der Waals surface area contributed by atoms with E-state index in [1.165, 1.54) is 17.0 Å². The zero-order valence-corrected chi connectivity index (χ0v) is 22.7. The van der Waals surface area contributed by atoms with Gasteiger partial charge in [-0.25, -0.2) is 4.39 Å². The number of carbonyl (C=O) groups excluding carboxylic acids is 2. The summed E-state index contributed by atoms with van der Waals surface area (Å²) in [6.45, 7) is 7.82. The molecule has 0 aliphatic carbocycles. The van der Waals surface area contributed by atoms with Crippen molar-refractivity contribution >= 4 is 28.8 Å². The Balaban J connectivity index is 1.66. The van der Waals surface area contributed by atoms with E-state index in [0.717, 1.165) is 37.2 Å². The molecule has 5 rings (SSSR count). The molecule has 2 heterocycles. The number of rotatable bonds is 6.